The number of halogens is 3. The van der Waals surface area contributed by atoms with Gasteiger partial charge >= 0.3 is 6.18 Å². The van der Waals surface area contributed by atoms with E-state index in [1.54, 1.807) is 31.1 Å². The topological polar surface area (TPSA) is 32.3 Å². The number of likely N-dealkylation sites (N-methyl/N-ethyl adjacent to an activating group) is 1. The van der Waals surface area contributed by atoms with Gasteiger partial charge in [-0.2, -0.15) is 13.2 Å². The molecule has 1 aliphatic heterocycles. The van der Waals surface area contributed by atoms with Gasteiger partial charge in [-0.1, -0.05) is 12.1 Å². The van der Waals surface area contributed by atoms with Gasteiger partial charge in [0.1, 0.15) is 0 Å². The van der Waals surface area contributed by atoms with Crippen molar-refractivity contribution in [3.05, 3.63) is 29.3 Å². The molecule has 0 saturated carbocycles. The molecule has 0 aromatic heterocycles. The lowest BCUT2D eigenvalue weighted by Crippen LogP contribution is -2.20. The van der Waals surface area contributed by atoms with Crippen molar-refractivity contribution in [2.24, 2.45) is 0 Å². The summed E-state index contributed by atoms with van der Waals surface area (Å²) in [4.78, 5) is 13.2. The summed E-state index contributed by atoms with van der Waals surface area (Å²) in [5.74, 6) is 0.00782. The van der Waals surface area contributed by atoms with Crippen LogP contribution in [0.5, 0.6) is 0 Å². The highest BCUT2D eigenvalue weighted by Gasteiger charge is 2.29. The van der Waals surface area contributed by atoms with Crippen LogP contribution in [0.1, 0.15) is 30.0 Å². The summed E-state index contributed by atoms with van der Waals surface area (Å²) in [5.41, 5.74) is 2.50. The van der Waals surface area contributed by atoms with Gasteiger partial charge in [0.15, 0.2) is 0 Å². The molecule has 0 fully saturated rings. The zero-order valence-corrected chi connectivity index (χ0v) is 11.4. The lowest BCUT2D eigenvalue weighted by Gasteiger charge is -2.19. The largest absolute Gasteiger partial charge is 0.389 e. The maximum atomic E-state index is 12.3. The molecular formula is C14H17F3N2O. The van der Waals surface area contributed by atoms with Crippen molar-refractivity contribution in [1.82, 2.24) is 5.32 Å². The number of carbonyl (C=O) groups is 1. The van der Waals surface area contributed by atoms with Crippen LogP contribution in [0.25, 0.3) is 0 Å². The summed E-state index contributed by atoms with van der Waals surface area (Å²) in [6, 6.07) is 5.05. The van der Waals surface area contributed by atoms with Crippen LogP contribution in [0.15, 0.2) is 18.2 Å². The molecule has 0 saturated heterocycles. The van der Waals surface area contributed by atoms with Gasteiger partial charge in [0.05, 0.1) is 6.42 Å². The maximum absolute atomic E-state index is 12.3. The van der Waals surface area contributed by atoms with Crippen molar-refractivity contribution in [1.29, 1.82) is 0 Å². The molecule has 20 heavy (non-hydrogen) atoms. The molecule has 0 radical (unpaired) electrons. The van der Waals surface area contributed by atoms with Gasteiger partial charge < -0.3 is 10.2 Å². The number of rotatable bonds is 4. The van der Waals surface area contributed by atoms with E-state index in [2.05, 4.69) is 5.32 Å². The summed E-state index contributed by atoms with van der Waals surface area (Å²) in [5, 5.41) is 2.91. The minimum absolute atomic E-state index is 0.00782. The average molecular weight is 286 g/mol. The molecule has 1 aromatic rings. The van der Waals surface area contributed by atoms with E-state index in [1.807, 2.05) is 6.07 Å². The van der Waals surface area contributed by atoms with Gasteiger partial charge in [-0.25, -0.2) is 0 Å². The molecule has 6 heteroatoms. The summed E-state index contributed by atoms with van der Waals surface area (Å²) in [6.07, 6.45) is -4.67. The fourth-order valence-electron chi connectivity index (χ4n) is 2.49. The van der Waals surface area contributed by atoms with Gasteiger partial charge in [0, 0.05) is 25.2 Å². The van der Waals surface area contributed by atoms with E-state index in [0.717, 1.165) is 16.8 Å². The highest BCUT2D eigenvalue weighted by Crippen LogP contribution is 2.32. The Hall–Kier alpha value is -1.56. The molecule has 1 aliphatic rings. The van der Waals surface area contributed by atoms with Gasteiger partial charge in [-0.05, 0) is 30.7 Å². The Morgan fingerprint density at radius 3 is 2.70 bits per heavy atom. The van der Waals surface area contributed by atoms with Crippen molar-refractivity contribution >= 4 is 11.6 Å². The molecule has 0 bridgehead atoms. The molecule has 1 atom stereocenters. The monoisotopic (exact) mass is 286 g/mol. The fourth-order valence-corrected chi connectivity index (χ4v) is 2.49. The average Bonchev–Trinajstić information content (AvgIpc) is 2.64. The number of carbonyl (C=O) groups excluding carboxylic acids is 1. The van der Waals surface area contributed by atoms with Crippen LogP contribution in [0.4, 0.5) is 18.9 Å². The maximum Gasteiger partial charge on any atom is 0.389 e. The predicted molar refractivity (Wildman–Crippen MR) is 70.6 cm³/mol. The van der Waals surface area contributed by atoms with Crippen molar-refractivity contribution in [3.63, 3.8) is 0 Å². The number of benzene rings is 1. The zero-order valence-electron chi connectivity index (χ0n) is 11.4. The Morgan fingerprint density at radius 1 is 1.40 bits per heavy atom. The van der Waals surface area contributed by atoms with Crippen molar-refractivity contribution in [2.75, 3.05) is 19.0 Å². The first-order chi connectivity index (χ1) is 9.31. The van der Waals surface area contributed by atoms with Gasteiger partial charge in [0.2, 0.25) is 5.91 Å². The number of nitrogens with one attached hydrogen (secondary N) is 1. The SMILES string of the molecule is CNC(CCC(F)(F)F)c1ccc2c(c1)CC(=O)N2C. The van der Waals surface area contributed by atoms with E-state index in [9.17, 15) is 18.0 Å². The Bertz CT molecular complexity index is 514. The van der Waals surface area contributed by atoms with Crippen LogP contribution < -0.4 is 10.2 Å². The molecule has 1 unspecified atom stereocenters. The van der Waals surface area contributed by atoms with Crippen LogP contribution in [0, 0.1) is 0 Å². The highest BCUT2D eigenvalue weighted by molar-refractivity contribution is 6.00. The lowest BCUT2D eigenvalue weighted by molar-refractivity contribution is -0.136. The Morgan fingerprint density at radius 2 is 2.10 bits per heavy atom. The first-order valence-electron chi connectivity index (χ1n) is 6.45. The van der Waals surface area contributed by atoms with Crippen molar-refractivity contribution < 1.29 is 18.0 Å². The summed E-state index contributed by atoms with van der Waals surface area (Å²) in [6.45, 7) is 0. The number of nitrogens with zero attached hydrogens (tertiary/aromatic N) is 1. The molecule has 1 aromatic carbocycles. The van der Waals surface area contributed by atoms with E-state index in [4.69, 9.17) is 0 Å². The number of anilines is 1. The van der Waals surface area contributed by atoms with Crippen LogP contribution in [-0.2, 0) is 11.2 Å². The second-order valence-electron chi connectivity index (χ2n) is 5.01. The van der Waals surface area contributed by atoms with E-state index in [0.29, 0.717) is 6.42 Å². The van der Waals surface area contributed by atoms with Crippen molar-refractivity contribution in [2.45, 2.75) is 31.5 Å². The van der Waals surface area contributed by atoms with E-state index in [-0.39, 0.29) is 18.4 Å². The van der Waals surface area contributed by atoms with E-state index in [1.165, 1.54) is 0 Å². The van der Waals surface area contributed by atoms with Gasteiger partial charge in [-0.3, -0.25) is 4.79 Å². The number of alkyl halides is 3. The highest BCUT2D eigenvalue weighted by atomic mass is 19.4. The molecule has 0 aliphatic carbocycles. The molecule has 1 amide bonds. The smallest absolute Gasteiger partial charge is 0.315 e. The molecule has 1 heterocycles. The number of hydrogen-bond donors (Lipinski definition) is 1. The van der Waals surface area contributed by atoms with Crippen LogP contribution in [0.3, 0.4) is 0 Å². The summed E-state index contributed by atoms with van der Waals surface area (Å²) in [7, 11) is 3.35. The first-order valence-corrected chi connectivity index (χ1v) is 6.45. The molecule has 3 nitrogen and oxygen atoms in total. The number of hydrogen-bond acceptors (Lipinski definition) is 2. The van der Waals surface area contributed by atoms with Crippen LogP contribution in [-0.4, -0.2) is 26.2 Å². The molecule has 1 N–H and O–H groups in total. The fraction of sp³-hybridized carbons (Fsp3) is 0.500. The molecule has 0 spiro atoms. The lowest BCUT2D eigenvalue weighted by atomic mass is 9.99. The minimum atomic E-state index is -4.15. The van der Waals surface area contributed by atoms with Crippen LogP contribution >= 0.6 is 0 Å². The number of fused-ring (bicyclic) bond motifs is 1. The third kappa shape index (κ3) is 3.12. The van der Waals surface area contributed by atoms with E-state index >= 15 is 0 Å². The van der Waals surface area contributed by atoms with Gasteiger partial charge in [-0.15, -0.1) is 0 Å². The summed E-state index contributed by atoms with van der Waals surface area (Å²) < 4.78 is 36.9. The first kappa shape index (κ1) is 14.8. The normalized spacial score (nSPS) is 16.4. The standard InChI is InChI=1S/C14H17F3N2O/c1-18-11(5-6-14(15,16)17)9-3-4-12-10(7-9)8-13(20)19(12)2/h3-4,7,11,18H,5-6,8H2,1-2H3. The van der Waals surface area contributed by atoms with Gasteiger partial charge in [0.25, 0.3) is 0 Å². The van der Waals surface area contributed by atoms with Crippen LogP contribution in [0.2, 0.25) is 0 Å². The zero-order chi connectivity index (χ0) is 14.9. The third-order valence-electron chi connectivity index (χ3n) is 3.65. The molecule has 110 valence electrons. The Labute approximate surface area is 115 Å². The minimum Gasteiger partial charge on any atom is -0.315 e. The Balaban J connectivity index is 2.16. The predicted octanol–water partition coefficient (Wildman–Crippen LogP) is 2.81. The summed E-state index contributed by atoms with van der Waals surface area (Å²) >= 11 is 0. The number of amides is 1. The Kier molecular flexibility index (Phi) is 4.04. The molecular weight excluding hydrogens is 269 g/mol. The second-order valence-corrected chi connectivity index (χ2v) is 5.01. The van der Waals surface area contributed by atoms with Crippen molar-refractivity contribution in [3.8, 4) is 0 Å². The second kappa shape index (κ2) is 5.44. The molecule has 2 rings (SSSR count). The quantitative estimate of drug-likeness (QED) is 0.923. The third-order valence-corrected chi connectivity index (χ3v) is 3.65. The van der Waals surface area contributed by atoms with E-state index < -0.39 is 12.6 Å².